The first kappa shape index (κ1) is 14.9. The van der Waals surface area contributed by atoms with Gasteiger partial charge in [-0.1, -0.05) is 38.1 Å². The molecule has 1 aliphatic heterocycles. The Morgan fingerprint density at radius 1 is 1.23 bits per heavy atom. The van der Waals surface area contributed by atoms with Crippen molar-refractivity contribution in [2.45, 2.75) is 19.9 Å². The molecule has 3 nitrogen and oxygen atoms in total. The minimum atomic E-state index is -0.0541. The summed E-state index contributed by atoms with van der Waals surface area (Å²) in [7, 11) is 0. The number of hydrogen-bond acceptors (Lipinski definition) is 3. The molecule has 4 heteroatoms. The molecule has 114 valence electrons. The Morgan fingerprint density at radius 3 is 2.77 bits per heavy atom. The molecule has 0 saturated heterocycles. The van der Waals surface area contributed by atoms with Gasteiger partial charge in [0.05, 0.1) is 11.6 Å². The number of para-hydroxylation sites is 1. The lowest BCUT2D eigenvalue weighted by Gasteiger charge is -2.23. The highest BCUT2D eigenvalue weighted by atomic mass is 32.1. The summed E-state index contributed by atoms with van der Waals surface area (Å²) in [5.41, 5.74) is 1.62. The molecule has 2 heterocycles. The molecule has 2 aromatic rings. The largest absolute Gasteiger partial charge is 0.488 e. The van der Waals surface area contributed by atoms with Crippen molar-refractivity contribution in [2.75, 3.05) is 6.61 Å². The van der Waals surface area contributed by atoms with E-state index in [0.717, 1.165) is 11.3 Å². The van der Waals surface area contributed by atoms with Gasteiger partial charge in [0.25, 0.3) is 5.91 Å². The number of nitrogens with one attached hydrogen (secondary N) is 1. The zero-order valence-corrected chi connectivity index (χ0v) is 13.5. The van der Waals surface area contributed by atoms with Crippen LogP contribution in [0.15, 0.2) is 47.4 Å². The normalized spacial score (nSPS) is 14.8. The molecule has 0 spiro atoms. The maximum atomic E-state index is 12.6. The number of rotatable bonds is 4. The third kappa shape index (κ3) is 3.07. The molecule has 1 amide bonds. The number of fused-ring (bicyclic) bond motifs is 1. The van der Waals surface area contributed by atoms with Gasteiger partial charge in [-0.05, 0) is 29.5 Å². The van der Waals surface area contributed by atoms with Gasteiger partial charge < -0.3 is 10.1 Å². The summed E-state index contributed by atoms with van der Waals surface area (Å²) in [6.45, 7) is 4.55. The Bertz CT molecular complexity index is 689. The standard InChI is InChI=1S/C18H19NO2S/c1-12(2)17(16-8-5-9-22-16)19-18(20)14-10-13-6-3-4-7-15(13)21-11-14/h3-10,12,17H,11H2,1-2H3,(H,19,20). The Labute approximate surface area is 134 Å². The van der Waals surface area contributed by atoms with E-state index in [4.69, 9.17) is 4.74 Å². The molecule has 0 radical (unpaired) electrons. The van der Waals surface area contributed by atoms with Gasteiger partial charge in [-0.25, -0.2) is 0 Å². The van der Waals surface area contributed by atoms with E-state index >= 15 is 0 Å². The van der Waals surface area contributed by atoms with E-state index in [1.807, 2.05) is 41.8 Å². The second-order valence-corrected chi connectivity index (χ2v) is 6.69. The first-order valence-corrected chi connectivity index (χ1v) is 8.30. The van der Waals surface area contributed by atoms with Gasteiger partial charge >= 0.3 is 0 Å². The molecule has 0 saturated carbocycles. The fourth-order valence-corrected chi connectivity index (χ4v) is 3.46. The maximum absolute atomic E-state index is 12.6. The van der Waals surface area contributed by atoms with Gasteiger partial charge in [0.2, 0.25) is 0 Å². The molecule has 1 aliphatic rings. The smallest absolute Gasteiger partial charge is 0.251 e. The van der Waals surface area contributed by atoms with Crippen LogP contribution in [0.1, 0.15) is 30.3 Å². The van der Waals surface area contributed by atoms with Gasteiger partial charge in [-0.15, -0.1) is 11.3 Å². The lowest BCUT2D eigenvalue weighted by atomic mass is 10.0. The second kappa shape index (κ2) is 6.36. The molecule has 22 heavy (non-hydrogen) atoms. The number of carbonyl (C=O) groups excluding carboxylic acids is 1. The third-order valence-corrected chi connectivity index (χ3v) is 4.68. The molecule has 3 rings (SSSR count). The van der Waals surface area contributed by atoms with Gasteiger partial charge in [0, 0.05) is 10.4 Å². The molecule has 1 atom stereocenters. The summed E-state index contributed by atoms with van der Waals surface area (Å²) in [6.07, 6.45) is 1.92. The van der Waals surface area contributed by atoms with E-state index in [1.54, 1.807) is 11.3 Å². The van der Waals surface area contributed by atoms with E-state index in [-0.39, 0.29) is 11.9 Å². The number of carbonyl (C=O) groups is 1. The van der Waals surface area contributed by atoms with E-state index in [9.17, 15) is 4.79 Å². The van der Waals surface area contributed by atoms with Crippen LogP contribution in [0.5, 0.6) is 5.75 Å². The van der Waals surface area contributed by atoms with E-state index in [0.29, 0.717) is 18.1 Å². The molecule has 0 fully saturated rings. The number of thiophene rings is 1. The highest BCUT2D eigenvalue weighted by Gasteiger charge is 2.23. The van der Waals surface area contributed by atoms with Crippen molar-refractivity contribution < 1.29 is 9.53 Å². The molecular formula is C18H19NO2S. The summed E-state index contributed by atoms with van der Waals surface area (Å²) < 4.78 is 5.66. The lowest BCUT2D eigenvalue weighted by Crippen LogP contribution is -2.34. The zero-order chi connectivity index (χ0) is 15.5. The van der Waals surface area contributed by atoms with Crippen LogP contribution in [0, 0.1) is 5.92 Å². The fraction of sp³-hybridized carbons (Fsp3) is 0.278. The SMILES string of the molecule is CC(C)C(NC(=O)C1=Cc2ccccc2OC1)c1cccs1. The van der Waals surface area contributed by atoms with Crippen molar-refractivity contribution in [3.63, 3.8) is 0 Å². The Kier molecular flexibility index (Phi) is 4.29. The average Bonchev–Trinajstić information content (AvgIpc) is 3.05. The Balaban J connectivity index is 1.78. The number of hydrogen-bond donors (Lipinski definition) is 1. The van der Waals surface area contributed by atoms with Gasteiger partial charge in [-0.3, -0.25) is 4.79 Å². The van der Waals surface area contributed by atoms with Crippen LogP contribution in [0.25, 0.3) is 6.08 Å². The zero-order valence-electron chi connectivity index (χ0n) is 12.7. The number of amides is 1. The van der Waals surface area contributed by atoms with Crippen LogP contribution in [0.4, 0.5) is 0 Å². The average molecular weight is 313 g/mol. The van der Waals surface area contributed by atoms with E-state index in [2.05, 4.69) is 25.2 Å². The summed E-state index contributed by atoms with van der Waals surface area (Å²) in [4.78, 5) is 13.7. The summed E-state index contributed by atoms with van der Waals surface area (Å²) >= 11 is 1.67. The number of ether oxygens (including phenoxy) is 1. The molecule has 1 N–H and O–H groups in total. The van der Waals surface area contributed by atoms with Crippen molar-refractivity contribution in [1.29, 1.82) is 0 Å². The van der Waals surface area contributed by atoms with E-state index in [1.165, 1.54) is 4.88 Å². The van der Waals surface area contributed by atoms with Gasteiger partial charge in [-0.2, -0.15) is 0 Å². The first-order chi connectivity index (χ1) is 10.6. The highest BCUT2D eigenvalue weighted by molar-refractivity contribution is 7.10. The van der Waals surface area contributed by atoms with Crippen LogP contribution in [0.2, 0.25) is 0 Å². The van der Waals surface area contributed by atoms with Crippen molar-refractivity contribution in [3.8, 4) is 5.75 Å². The molecule has 1 aromatic heterocycles. The summed E-state index contributed by atoms with van der Waals surface area (Å²) in [5.74, 6) is 1.11. The third-order valence-electron chi connectivity index (χ3n) is 3.73. The quantitative estimate of drug-likeness (QED) is 0.925. The van der Waals surface area contributed by atoms with Crippen molar-refractivity contribution >= 4 is 23.3 Å². The minimum absolute atomic E-state index is 0.0329. The molecule has 1 aromatic carbocycles. The fourth-order valence-electron chi connectivity index (χ4n) is 2.52. The molecule has 0 bridgehead atoms. The summed E-state index contributed by atoms with van der Waals surface area (Å²) in [5, 5.41) is 5.18. The number of benzene rings is 1. The van der Waals surface area contributed by atoms with Crippen LogP contribution >= 0.6 is 11.3 Å². The molecule has 1 unspecified atom stereocenters. The van der Waals surface area contributed by atoms with Crippen LogP contribution in [-0.2, 0) is 4.79 Å². The van der Waals surface area contributed by atoms with Crippen molar-refractivity contribution in [3.05, 3.63) is 57.8 Å². The molecular weight excluding hydrogens is 294 g/mol. The predicted molar refractivity (Wildman–Crippen MR) is 90.0 cm³/mol. The second-order valence-electron chi connectivity index (χ2n) is 5.71. The van der Waals surface area contributed by atoms with Gasteiger partial charge in [0.1, 0.15) is 12.4 Å². The maximum Gasteiger partial charge on any atom is 0.251 e. The summed E-state index contributed by atoms with van der Waals surface area (Å²) in [6, 6.07) is 11.9. The van der Waals surface area contributed by atoms with Crippen LogP contribution in [0.3, 0.4) is 0 Å². The predicted octanol–water partition coefficient (Wildman–Crippen LogP) is 4.04. The Hall–Kier alpha value is -2.07. The van der Waals surface area contributed by atoms with E-state index < -0.39 is 0 Å². The Morgan fingerprint density at radius 2 is 2.05 bits per heavy atom. The van der Waals surface area contributed by atoms with Crippen LogP contribution < -0.4 is 10.1 Å². The molecule has 0 aliphatic carbocycles. The monoisotopic (exact) mass is 313 g/mol. The lowest BCUT2D eigenvalue weighted by molar-refractivity contribution is -0.118. The topological polar surface area (TPSA) is 38.3 Å². The van der Waals surface area contributed by atoms with Crippen molar-refractivity contribution in [2.24, 2.45) is 5.92 Å². The first-order valence-electron chi connectivity index (χ1n) is 7.42. The van der Waals surface area contributed by atoms with Crippen LogP contribution in [-0.4, -0.2) is 12.5 Å². The highest BCUT2D eigenvalue weighted by Crippen LogP contribution is 2.28. The van der Waals surface area contributed by atoms with Gasteiger partial charge in [0.15, 0.2) is 0 Å². The van der Waals surface area contributed by atoms with Crippen molar-refractivity contribution in [1.82, 2.24) is 5.32 Å². The minimum Gasteiger partial charge on any atom is -0.488 e.